The Labute approximate surface area is 122 Å². The number of hydrogen-bond acceptors (Lipinski definition) is 3. The minimum Gasteiger partial charge on any atom is -0.497 e. The second-order valence-corrected chi connectivity index (χ2v) is 4.70. The third kappa shape index (κ3) is 2.58. The molecule has 0 aliphatic heterocycles. The minimum absolute atomic E-state index is 0.233. The molecule has 1 amide bonds. The molecule has 1 N–H and O–H groups in total. The first-order valence-electron chi connectivity index (χ1n) is 6.57. The van der Waals surface area contributed by atoms with Crippen LogP contribution >= 0.6 is 0 Å². The number of carbonyl (C=O) groups is 1. The normalized spacial score (nSPS) is 10.6. The van der Waals surface area contributed by atoms with Crippen molar-refractivity contribution in [2.45, 2.75) is 6.92 Å². The van der Waals surface area contributed by atoms with Gasteiger partial charge < -0.3 is 14.5 Å². The maximum absolute atomic E-state index is 12.2. The molecule has 5 heteroatoms. The molecule has 0 unspecified atom stereocenters. The van der Waals surface area contributed by atoms with Crippen LogP contribution in [0.15, 0.2) is 48.7 Å². The van der Waals surface area contributed by atoms with Crippen LogP contribution in [-0.4, -0.2) is 22.4 Å². The standard InChI is InChI=1S/C16H15N3O2/c1-11-4-3-5-15-18-14(10-19(11)15)16(20)17-12-6-8-13(21-2)9-7-12/h3-10H,1-2H3,(H,17,20). The fourth-order valence-electron chi connectivity index (χ4n) is 2.13. The molecule has 0 saturated heterocycles. The van der Waals surface area contributed by atoms with E-state index < -0.39 is 0 Å². The van der Waals surface area contributed by atoms with Crippen molar-refractivity contribution in [1.29, 1.82) is 0 Å². The Hall–Kier alpha value is -2.82. The van der Waals surface area contributed by atoms with E-state index in [1.165, 1.54) is 0 Å². The van der Waals surface area contributed by atoms with E-state index in [1.807, 2.05) is 29.5 Å². The van der Waals surface area contributed by atoms with E-state index in [2.05, 4.69) is 10.3 Å². The molecule has 1 aromatic carbocycles. The van der Waals surface area contributed by atoms with Gasteiger partial charge in [-0.2, -0.15) is 0 Å². The average Bonchev–Trinajstić information content (AvgIpc) is 2.94. The van der Waals surface area contributed by atoms with Crippen molar-refractivity contribution >= 4 is 17.2 Å². The number of methoxy groups -OCH3 is 1. The zero-order chi connectivity index (χ0) is 14.8. The number of aromatic nitrogens is 2. The molecule has 2 aromatic heterocycles. The van der Waals surface area contributed by atoms with Gasteiger partial charge in [-0.3, -0.25) is 4.79 Å². The number of imidazole rings is 1. The second-order valence-electron chi connectivity index (χ2n) is 4.70. The Bertz CT molecular complexity index is 791. The van der Waals surface area contributed by atoms with Crippen LogP contribution in [0.3, 0.4) is 0 Å². The number of aryl methyl sites for hydroxylation is 1. The van der Waals surface area contributed by atoms with Gasteiger partial charge in [0.2, 0.25) is 0 Å². The van der Waals surface area contributed by atoms with Crippen LogP contribution in [0.2, 0.25) is 0 Å². The van der Waals surface area contributed by atoms with Crippen molar-refractivity contribution in [3.05, 3.63) is 60.0 Å². The first-order chi connectivity index (χ1) is 10.2. The number of amides is 1. The second kappa shape index (κ2) is 5.28. The summed E-state index contributed by atoms with van der Waals surface area (Å²) in [5.41, 5.74) is 2.88. The molecule has 0 fully saturated rings. The lowest BCUT2D eigenvalue weighted by Crippen LogP contribution is -2.12. The summed E-state index contributed by atoms with van der Waals surface area (Å²) in [6.45, 7) is 1.97. The van der Waals surface area contributed by atoms with Gasteiger partial charge in [-0.05, 0) is 43.3 Å². The number of hydrogen-bond donors (Lipinski definition) is 1. The van der Waals surface area contributed by atoms with Crippen molar-refractivity contribution in [3.63, 3.8) is 0 Å². The summed E-state index contributed by atoms with van der Waals surface area (Å²) in [4.78, 5) is 16.6. The Kier molecular flexibility index (Phi) is 3.31. The molecule has 0 saturated carbocycles. The first kappa shape index (κ1) is 13.2. The van der Waals surface area contributed by atoms with Crippen molar-refractivity contribution in [1.82, 2.24) is 9.38 Å². The summed E-state index contributed by atoms with van der Waals surface area (Å²) >= 11 is 0. The number of fused-ring (bicyclic) bond motifs is 1. The summed E-state index contributed by atoms with van der Waals surface area (Å²) < 4.78 is 6.98. The first-order valence-corrected chi connectivity index (χ1v) is 6.57. The van der Waals surface area contributed by atoms with E-state index >= 15 is 0 Å². The van der Waals surface area contributed by atoms with E-state index in [4.69, 9.17) is 4.74 Å². The van der Waals surface area contributed by atoms with Crippen LogP contribution < -0.4 is 10.1 Å². The molecule has 2 heterocycles. The monoisotopic (exact) mass is 281 g/mol. The summed E-state index contributed by atoms with van der Waals surface area (Å²) in [5, 5.41) is 2.82. The van der Waals surface area contributed by atoms with Crippen molar-refractivity contribution in [2.75, 3.05) is 12.4 Å². The number of nitrogens with one attached hydrogen (secondary N) is 1. The lowest BCUT2D eigenvalue weighted by Gasteiger charge is -2.04. The number of ether oxygens (including phenoxy) is 1. The van der Waals surface area contributed by atoms with Gasteiger partial charge in [-0.15, -0.1) is 0 Å². The number of rotatable bonds is 3. The Balaban J connectivity index is 1.84. The van der Waals surface area contributed by atoms with Crippen LogP contribution in [0.25, 0.3) is 5.65 Å². The summed E-state index contributed by atoms with van der Waals surface area (Å²) in [7, 11) is 1.60. The Morgan fingerprint density at radius 2 is 1.95 bits per heavy atom. The highest BCUT2D eigenvalue weighted by Crippen LogP contribution is 2.16. The Morgan fingerprint density at radius 3 is 2.62 bits per heavy atom. The van der Waals surface area contributed by atoms with Gasteiger partial charge in [0, 0.05) is 17.6 Å². The predicted molar refractivity (Wildman–Crippen MR) is 80.9 cm³/mol. The summed E-state index contributed by atoms with van der Waals surface area (Å²) in [6.07, 6.45) is 1.74. The third-order valence-electron chi connectivity index (χ3n) is 3.28. The molecule has 0 aliphatic carbocycles. The quantitative estimate of drug-likeness (QED) is 0.803. The van der Waals surface area contributed by atoms with Gasteiger partial charge in [0.15, 0.2) is 0 Å². The highest BCUT2D eigenvalue weighted by Gasteiger charge is 2.11. The molecule has 3 rings (SSSR count). The van der Waals surface area contributed by atoms with Gasteiger partial charge in [0.25, 0.3) is 5.91 Å². The van der Waals surface area contributed by atoms with E-state index in [0.717, 1.165) is 17.1 Å². The fraction of sp³-hybridized carbons (Fsp3) is 0.125. The smallest absolute Gasteiger partial charge is 0.275 e. The lowest BCUT2D eigenvalue weighted by molar-refractivity contribution is 0.102. The molecule has 0 bridgehead atoms. The van der Waals surface area contributed by atoms with Gasteiger partial charge in [0.1, 0.15) is 17.1 Å². The van der Waals surface area contributed by atoms with E-state index in [1.54, 1.807) is 37.6 Å². The number of carbonyl (C=O) groups excluding carboxylic acids is 1. The molecule has 0 radical (unpaired) electrons. The molecule has 0 spiro atoms. The molecule has 0 atom stereocenters. The van der Waals surface area contributed by atoms with Crippen LogP contribution in [0.4, 0.5) is 5.69 Å². The van der Waals surface area contributed by atoms with Crippen molar-refractivity contribution in [3.8, 4) is 5.75 Å². The van der Waals surface area contributed by atoms with Gasteiger partial charge in [-0.1, -0.05) is 6.07 Å². The maximum Gasteiger partial charge on any atom is 0.275 e. The van der Waals surface area contributed by atoms with E-state index in [-0.39, 0.29) is 5.91 Å². The fourth-order valence-corrected chi connectivity index (χ4v) is 2.13. The molecular formula is C16H15N3O2. The van der Waals surface area contributed by atoms with Crippen LogP contribution in [0.5, 0.6) is 5.75 Å². The van der Waals surface area contributed by atoms with Crippen LogP contribution in [0, 0.1) is 6.92 Å². The average molecular weight is 281 g/mol. The third-order valence-corrected chi connectivity index (χ3v) is 3.28. The Morgan fingerprint density at radius 1 is 1.19 bits per heavy atom. The van der Waals surface area contributed by atoms with E-state index in [0.29, 0.717) is 11.4 Å². The SMILES string of the molecule is COc1ccc(NC(=O)c2cn3c(C)cccc3n2)cc1. The van der Waals surface area contributed by atoms with Gasteiger partial charge in [0.05, 0.1) is 7.11 Å². The van der Waals surface area contributed by atoms with Gasteiger partial charge >= 0.3 is 0 Å². The van der Waals surface area contributed by atoms with Gasteiger partial charge in [-0.25, -0.2) is 4.98 Å². The maximum atomic E-state index is 12.2. The van der Waals surface area contributed by atoms with Crippen LogP contribution in [0.1, 0.15) is 16.2 Å². The molecule has 3 aromatic rings. The van der Waals surface area contributed by atoms with Crippen molar-refractivity contribution in [2.24, 2.45) is 0 Å². The number of anilines is 1. The topological polar surface area (TPSA) is 55.6 Å². The molecular weight excluding hydrogens is 266 g/mol. The zero-order valence-electron chi connectivity index (χ0n) is 11.8. The molecule has 5 nitrogen and oxygen atoms in total. The van der Waals surface area contributed by atoms with Crippen LogP contribution in [-0.2, 0) is 0 Å². The largest absolute Gasteiger partial charge is 0.497 e. The number of nitrogens with zero attached hydrogens (tertiary/aromatic N) is 2. The molecule has 106 valence electrons. The lowest BCUT2D eigenvalue weighted by atomic mass is 10.3. The highest BCUT2D eigenvalue weighted by atomic mass is 16.5. The predicted octanol–water partition coefficient (Wildman–Crippen LogP) is 2.90. The highest BCUT2D eigenvalue weighted by molar-refractivity contribution is 6.03. The van der Waals surface area contributed by atoms with E-state index in [9.17, 15) is 4.79 Å². The minimum atomic E-state index is -0.233. The zero-order valence-corrected chi connectivity index (χ0v) is 11.8. The van der Waals surface area contributed by atoms with Crippen molar-refractivity contribution < 1.29 is 9.53 Å². The number of benzene rings is 1. The molecule has 0 aliphatic rings. The summed E-state index contributed by atoms with van der Waals surface area (Å²) in [5.74, 6) is 0.514. The number of pyridine rings is 1. The molecule has 21 heavy (non-hydrogen) atoms. The summed E-state index contributed by atoms with van der Waals surface area (Å²) in [6, 6.07) is 12.9.